The van der Waals surface area contributed by atoms with Gasteiger partial charge in [0.2, 0.25) is 5.91 Å². The van der Waals surface area contributed by atoms with Gasteiger partial charge in [-0.05, 0) is 50.4 Å². The third kappa shape index (κ3) is 4.31. The van der Waals surface area contributed by atoms with Crippen molar-refractivity contribution in [1.82, 2.24) is 19.7 Å². The number of rotatable bonds is 6. The molecule has 3 rings (SSSR count). The number of halogens is 1. The largest absolute Gasteiger partial charge is 0.309 e. The Kier molecular flexibility index (Phi) is 5.38. The molecule has 0 aliphatic rings. The fourth-order valence-corrected chi connectivity index (χ4v) is 2.47. The van der Waals surface area contributed by atoms with Crippen LogP contribution in [0.2, 0.25) is 0 Å². The van der Waals surface area contributed by atoms with Crippen LogP contribution in [0.4, 0.5) is 10.2 Å². The molecule has 2 heterocycles. The maximum absolute atomic E-state index is 13.0. The summed E-state index contributed by atoms with van der Waals surface area (Å²) in [7, 11) is 1.87. The molecule has 134 valence electrons. The van der Waals surface area contributed by atoms with Crippen LogP contribution >= 0.6 is 0 Å². The number of pyridine rings is 1. The Balaban J connectivity index is 1.61. The summed E-state index contributed by atoms with van der Waals surface area (Å²) in [5.74, 6) is 0.118. The number of amides is 1. The van der Waals surface area contributed by atoms with Crippen molar-refractivity contribution in [1.29, 1.82) is 0 Å². The average molecular weight is 353 g/mol. The van der Waals surface area contributed by atoms with Gasteiger partial charge in [-0.1, -0.05) is 6.07 Å². The molecular formula is C19H20FN5O. The van der Waals surface area contributed by atoms with Crippen molar-refractivity contribution in [3.63, 3.8) is 0 Å². The molecule has 1 aromatic carbocycles. The van der Waals surface area contributed by atoms with Gasteiger partial charge in [-0.2, -0.15) is 5.10 Å². The van der Waals surface area contributed by atoms with Gasteiger partial charge in [-0.3, -0.25) is 9.69 Å². The van der Waals surface area contributed by atoms with Gasteiger partial charge in [-0.25, -0.2) is 14.1 Å². The number of anilines is 1. The summed E-state index contributed by atoms with van der Waals surface area (Å²) in [4.78, 5) is 18.4. The molecule has 0 saturated carbocycles. The number of nitrogens with zero attached hydrogens (tertiary/aromatic N) is 4. The Morgan fingerprint density at radius 2 is 2.04 bits per heavy atom. The predicted octanol–water partition coefficient (Wildman–Crippen LogP) is 2.87. The van der Waals surface area contributed by atoms with E-state index in [2.05, 4.69) is 15.4 Å². The lowest BCUT2D eigenvalue weighted by molar-refractivity contribution is -0.120. The van der Waals surface area contributed by atoms with Gasteiger partial charge in [0.15, 0.2) is 0 Å². The van der Waals surface area contributed by atoms with Gasteiger partial charge in [0.1, 0.15) is 11.6 Å². The summed E-state index contributed by atoms with van der Waals surface area (Å²) in [5, 5.41) is 7.09. The molecule has 0 fully saturated rings. The molecule has 1 unspecified atom stereocenters. The van der Waals surface area contributed by atoms with Crippen LogP contribution in [0.1, 0.15) is 12.5 Å². The minimum absolute atomic E-state index is 0.128. The van der Waals surface area contributed by atoms with Crippen molar-refractivity contribution in [3.8, 4) is 5.69 Å². The van der Waals surface area contributed by atoms with Crippen molar-refractivity contribution < 1.29 is 9.18 Å². The monoisotopic (exact) mass is 353 g/mol. The highest BCUT2D eigenvalue weighted by Crippen LogP contribution is 2.12. The van der Waals surface area contributed by atoms with Gasteiger partial charge in [0, 0.05) is 24.5 Å². The standard InChI is InChI=1S/C19H20FN5O/c1-14(19(26)23-18-5-3-4-10-21-18)24(2)12-15-11-22-25(13-15)17-8-6-16(20)7-9-17/h3-11,13-14H,12H2,1-2H3,(H,21,23,26). The smallest absolute Gasteiger partial charge is 0.242 e. The number of nitrogens with one attached hydrogen (secondary N) is 1. The SMILES string of the molecule is CC(C(=O)Nc1ccccn1)N(C)Cc1cnn(-c2ccc(F)cc2)c1. The van der Waals surface area contributed by atoms with Crippen molar-refractivity contribution in [2.75, 3.05) is 12.4 Å². The van der Waals surface area contributed by atoms with E-state index in [1.54, 1.807) is 41.3 Å². The summed E-state index contributed by atoms with van der Waals surface area (Å²) in [5.41, 5.74) is 1.73. The molecule has 6 nitrogen and oxygen atoms in total. The van der Waals surface area contributed by atoms with Crippen LogP contribution in [0.3, 0.4) is 0 Å². The number of hydrogen-bond donors (Lipinski definition) is 1. The summed E-state index contributed by atoms with van der Waals surface area (Å²) < 4.78 is 14.7. The van der Waals surface area contributed by atoms with Crippen LogP contribution in [-0.2, 0) is 11.3 Å². The first-order valence-corrected chi connectivity index (χ1v) is 8.24. The Morgan fingerprint density at radius 1 is 1.27 bits per heavy atom. The van der Waals surface area contributed by atoms with E-state index in [1.165, 1.54) is 12.1 Å². The zero-order valence-corrected chi connectivity index (χ0v) is 14.6. The number of likely N-dealkylation sites (N-methyl/N-ethyl adjacent to an activating group) is 1. The molecule has 0 radical (unpaired) electrons. The summed E-state index contributed by atoms with van der Waals surface area (Å²) in [6.45, 7) is 2.39. The average Bonchev–Trinajstić information content (AvgIpc) is 3.11. The maximum atomic E-state index is 13.0. The van der Waals surface area contributed by atoms with E-state index in [1.807, 2.05) is 31.1 Å². The molecule has 26 heavy (non-hydrogen) atoms. The second kappa shape index (κ2) is 7.88. The topological polar surface area (TPSA) is 63.1 Å². The number of benzene rings is 1. The first kappa shape index (κ1) is 17.8. The number of hydrogen-bond acceptors (Lipinski definition) is 4. The van der Waals surface area contributed by atoms with Crippen molar-refractivity contribution in [3.05, 3.63) is 72.4 Å². The van der Waals surface area contributed by atoms with Gasteiger partial charge in [0.25, 0.3) is 0 Å². The van der Waals surface area contributed by atoms with Crippen LogP contribution in [0.25, 0.3) is 5.69 Å². The summed E-state index contributed by atoms with van der Waals surface area (Å²) in [6, 6.07) is 11.1. The molecule has 0 aliphatic carbocycles. The molecule has 1 N–H and O–H groups in total. The predicted molar refractivity (Wildman–Crippen MR) is 97.3 cm³/mol. The molecular weight excluding hydrogens is 333 g/mol. The Bertz CT molecular complexity index is 863. The van der Waals surface area contributed by atoms with Gasteiger partial charge in [-0.15, -0.1) is 0 Å². The van der Waals surface area contributed by atoms with E-state index in [0.29, 0.717) is 12.4 Å². The highest BCUT2D eigenvalue weighted by Gasteiger charge is 2.19. The van der Waals surface area contributed by atoms with Crippen LogP contribution in [0, 0.1) is 5.82 Å². The molecule has 1 atom stereocenters. The molecule has 1 amide bonds. The van der Waals surface area contributed by atoms with Crippen LogP contribution < -0.4 is 5.32 Å². The van der Waals surface area contributed by atoms with Crippen molar-refractivity contribution in [2.24, 2.45) is 0 Å². The van der Waals surface area contributed by atoms with Crippen molar-refractivity contribution in [2.45, 2.75) is 19.5 Å². The maximum Gasteiger partial charge on any atom is 0.242 e. The van der Waals surface area contributed by atoms with Gasteiger partial charge >= 0.3 is 0 Å². The Morgan fingerprint density at radius 3 is 2.73 bits per heavy atom. The van der Waals surface area contributed by atoms with Gasteiger partial charge < -0.3 is 5.32 Å². The van der Waals surface area contributed by atoms with E-state index >= 15 is 0 Å². The lowest BCUT2D eigenvalue weighted by Crippen LogP contribution is -2.39. The summed E-state index contributed by atoms with van der Waals surface area (Å²) >= 11 is 0. The summed E-state index contributed by atoms with van der Waals surface area (Å²) in [6.07, 6.45) is 5.24. The first-order chi connectivity index (χ1) is 12.5. The first-order valence-electron chi connectivity index (χ1n) is 8.24. The third-order valence-corrected chi connectivity index (χ3v) is 4.12. The van der Waals surface area contributed by atoms with Crippen LogP contribution in [-0.4, -0.2) is 38.7 Å². The minimum atomic E-state index is -0.342. The lowest BCUT2D eigenvalue weighted by Gasteiger charge is -2.23. The second-order valence-electron chi connectivity index (χ2n) is 6.06. The Labute approximate surface area is 151 Å². The number of carbonyl (C=O) groups is 1. The number of aromatic nitrogens is 3. The molecule has 7 heteroatoms. The third-order valence-electron chi connectivity index (χ3n) is 4.12. The van der Waals surface area contributed by atoms with Crippen LogP contribution in [0.5, 0.6) is 0 Å². The van der Waals surface area contributed by atoms with E-state index in [0.717, 1.165) is 11.3 Å². The molecule has 0 aliphatic heterocycles. The highest BCUT2D eigenvalue weighted by atomic mass is 19.1. The molecule has 2 aromatic heterocycles. The Hall–Kier alpha value is -3.06. The molecule has 0 spiro atoms. The van der Waals surface area contributed by atoms with E-state index < -0.39 is 0 Å². The molecule has 0 saturated heterocycles. The second-order valence-corrected chi connectivity index (χ2v) is 6.06. The zero-order chi connectivity index (χ0) is 18.5. The fourth-order valence-electron chi connectivity index (χ4n) is 2.47. The van der Waals surface area contributed by atoms with Gasteiger partial charge in [0.05, 0.1) is 17.9 Å². The van der Waals surface area contributed by atoms with E-state index in [9.17, 15) is 9.18 Å². The minimum Gasteiger partial charge on any atom is -0.309 e. The van der Waals surface area contributed by atoms with E-state index in [4.69, 9.17) is 0 Å². The quantitative estimate of drug-likeness (QED) is 0.740. The highest BCUT2D eigenvalue weighted by molar-refractivity contribution is 5.93. The molecule has 3 aromatic rings. The fraction of sp³-hybridized carbons (Fsp3) is 0.211. The van der Waals surface area contributed by atoms with Crippen molar-refractivity contribution >= 4 is 11.7 Å². The van der Waals surface area contributed by atoms with E-state index in [-0.39, 0.29) is 17.8 Å². The molecule has 0 bridgehead atoms. The van der Waals surface area contributed by atoms with Crippen LogP contribution in [0.15, 0.2) is 61.1 Å². The lowest BCUT2D eigenvalue weighted by atomic mass is 10.2. The zero-order valence-electron chi connectivity index (χ0n) is 14.6. The number of carbonyl (C=O) groups excluding carboxylic acids is 1. The normalized spacial score (nSPS) is 12.2.